The number of hydrogen-bond donors (Lipinski definition) is 2. The summed E-state index contributed by atoms with van der Waals surface area (Å²) in [7, 11) is 0. The highest BCUT2D eigenvalue weighted by Crippen LogP contribution is 2.31. The first kappa shape index (κ1) is 18.2. The molecule has 7 nitrogen and oxygen atoms in total. The van der Waals surface area contributed by atoms with Gasteiger partial charge >= 0.3 is 0 Å². The zero-order chi connectivity index (χ0) is 18.8. The molecule has 1 saturated carbocycles. The summed E-state index contributed by atoms with van der Waals surface area (Å²) in [4.78, 5) is 42.3. The lowest BCUT2D eigenvalue weighted by Gasteiger charge is -2.29. The van der Waals surface area contributed by atoms with E-state index in [9.17, 15) is 14.4 Å². The first-order valence-corrected chi connectivity index (χ1v) is 10.5. The van der Waals surface area contributed by atoms with Crippen LogP contribution >= 0.6 is 11.3 Å². The number of nitrogens with zero attached hydrogens (tertiary/aromatic N) is 2. The molecule has 0 bridgehead atoms. The van der Waals surface area contributed by atoms with Crippen LogP contribution < -0.4 is 26.4 Å². The van der Waals surface area contributed by atoms with Crippen LogP contribution in [-0.2, 0) is 4.79 Å². The van der Waals surface area contributed by atoms with Crippen LogP contribution in [0.15, 0.2) is 21.2 Å². The molecule has 1 saturated heterocycles. The van der Waals surface area contributed by atoms with Gasteiger partial charge in [0.25, 0.3) is 10.9 Å². The summed E-state index contributed by atoms with van der Waals surface area (Å²) < 4.78 is 0. The van der Waals surface area contributed by atoms with Crippen molar-refractivity contribution in [2.24, 2.45) is 11.8 Å². The molecule has 0 spiro atoms. The minimum Gasteiger partial charge on any atom is -0.380 e. The summed E-state index contributed by atoms with van der Waals surface area (Å²) in [6, 6.07) is 0. The molecule has 2 heterocycles. The molecule has 2 aromatic rings. The van der Waals surface area contributed by atoms with E-state index in [1.165, 1.54) is 11.3 Å². The number of carbonyl (C=O) groups excluding carboxylic acids is 1. The van der Waals surface area contributed by atoms with E-state index < -0.39 is 0 Å². The van der Waals surface area contributed by atoms with Gasteiger partial charge in [-0.05, 0) is 44.4 Å². The Morgan fingerprint density at radius 2 is 1.89 bits per heavy atom. The topological polar surface area (TPSA) is 91.4 Å². The van der Waals surface area contributed by atoms with E-state index >= 15 is 0 Å². The van der Waals surface area contributed by atoms with Gasteiger partial charge in [-0.2, -0.15) is 0 Å². The minimum atomic E-state index is -0.381. The average molecular weight is 388 g/mol. The summed E-state index contributed by atoms with van der Waals surface area (Å²) in [5, 5.41) is 8.61. The van der Waals surface area contributed by atoms with Crippen molar-refractivity contribution in [2.75, 3.05) is 35.2 Å². The van der Waals surface area contributed by atoms with Crippen molar-refractivity contribution >= 4 is 33.8 Å². The third-order valence-electron chi connectivity index (χ3n) is 5.75. The largest absolute Gasteiger partial charge is 0.380 e. The van der Waals surface area contributed by atoms with Crippen LogP contribution in [0.25, 0.3) is 0 Å². The third-order valence-corrected chi connectivity index (χ3v) is 6.44. The van der Waals surface area contributed by atoms with Gasteiger partial charge in [0.05, 0.1) is 0 Å². The van der Waals surface area contributed by atoms with Crippen molar-refractivity contribution in [3.05, 3.63) is 32.0 Å². The number of nitrogens with one attached hydrogen (secondary N) is 2. The Labute approximate surface area is 161 Å². The second-order valence-corrected chi connectivity index (χ2v) is 8.40. The van der Waals surface area contributed by atoms with E-state index in [1.807, 2.05) is 10.3 Å². The lowest BCUT2D eigenvalue weighted by molar-refractivity contribution is -0.121. The lowest BCUT2D eigenvalue weighted by Crippen LogP contribution is -2.42. The smallest absolute Gasteiger partial charge is 0.253 e. The number of carbonyl (C=O) groups is 1. The Balaban J connectivity index is 1.27. The maximum atomic E-state index is 12.3. The van der Waals surface area contributed by atoms with Crippen molar-refractivity contribution in [2.45, 2.75) is 38.5 Å². The maximum absolute atomic E-state index is 12.3. The zero-order valence-corrected chi connectivity index (χ0v) is 16.0. The molecule has 144 valence electrons. The monoisotopic (exact) mass is 388 g/mol. The van der Waals surface area contributed by atoms with E-state index in [1.54, 1.807) is 6.20 Å². The molecule has 27 heavy (non-hydrogen) atoms. The van der Waals surface area contributed by atoms with E-state index in [0.29, 0.717) is 29.0 Å². The molecule has 0 unspecified atom stereocenters. The van der Waals surface area contributed by atoms with Gasteiger partial charge in [0, 0.05) is 37.1 Å². The normalized spacial score (nSPS) is 22.9. The Bertz CT molecular complexity index is 858. The fourth-order valence-electron chi connectivity index (χ4n) is 4.15. The van der Waals surface area contributed by atoms with Gasteiger partial charge < -0.3 is 15.5 Å². The van der Waals surface area contributed by atoms with Gasteiger partial charge in [-0.25, -0.2) is 4.98 Å². The summed E-state index contributed by atoms with van der Waals surface area (Å²) in [5.74, 6) is 0.497. The summed E-state index contributed by atoms with van der Waals surface area (Å²) in [6.45, 7) is 2.41. The van der Waals surface area contributed by atoms with Gasteiger partial charge in [0.2, 0.25) is 5.91 Å². The highest BCUT2D eigenvalue weighted by atomic mass is 32.1. The average Bonchev–Trinajstić information content (AvgIpc) is 3.38. The quantitative estimate of drug-likeness (QED) is 0.737. The first-order valence-electron chi connectivity index (χ1n) is 9.66. The third kappa shape index (κ3) is 3.76. The molecule has 0 atom stereocenters. The number of amides is 1. The van der Waals surface area contributed by atoms with Gasteiger partial charge in [-0.1, -0.05) is 0 Å². The Kier molecular flexibility index (Phi) is 5.24. The fraction of sp³-hybridized carbons (Fsp3) is 0.579. The van der Waals surface area contributed by atoms with Crippen LogP contribution in [0.3, 0.4) is 0 Å². The van der Waals surface area contributed by atoms with Gasteiger partial charge in [0.15, 0.2) is 5.13 Å². The molecule has 8 heteroatoms. The van der Waals surface area contributed by atoms with Crippen molar-refractivity contribution in [1.29, 1.82) is 0 Å². The van der Waals surface area contributed by atoms with E-state index in [4.69, 9.17) is 0 Å². The predicted octanol–water partition coefficient (Wildman–Crippen LogP) is 2.20. The number of thiazole rings is 1. The molecular formula is C19H24N4O3S. The summed E-state index contributed by atoms with van der Waals surface area (Å²) in [5.41, 5.74) is 0.370. The molecule has 1 aliphatic heterocycles. The van der Waals surface area contributed by atoms with Crippen molar-refractivity contribution in [1.82, 2.24) is 4.98 Å². The molecule has 1 aliphatic carbocycles. The standard InChI is InChI=1S/C19H24N4O3S/c24-16-14(15(17(16)25)23-8-1-2-9-23)21-11-12-3-5-13(6-4-12)18(26)22-19-20-7-10-27-19/h7,10,12-13,21H,1-6,8-9,11H2,(H,20,22,26). The zero-order valence-electron chi connectivity index (χ0n) is 15.2. The Morgan fingerprint density at radius 3 is 2.56 bits per heavy atom. The first-order chi connectivity index (χ1) is 13.1. The van der Waals surface area contributed by atoms with Crippen LogP contribution in [0.4, 0.5) is 16.5 Å². The SMILES string of the molecule is O=C(Nc1nccs1)C1CCC(CNc2c(N3CCCC3)c(=O)c2=O)CC1. The van der Waals surface area contributed by atoms with Crippen molar-refractivity contribution in [3.63, 3.8) is 0 Å². The Hall–Kier alpha value is -2.22. The highest BCUT2D eigenvalue weighted by molar-refractivity contribution is 7.13. The molecule has 2 aliphatic rings. The summed E-state index contributed by atoms with van der Waals surface area (Å²) in [6.07, 6.45) is 7.40. The van der Waals surface area contributed by atoms with Gasteiger partial charge in [-0.3, -0.25) is 14.4 Å². The lowest BCUT2D eigenvalue weighted by atomic mass is 9.81. The molecule has 2 N–H and O–H groups in total. The fourth-order valence-corrected chi connectivity index (χ4v) is 4.69. The van der Waals surface area contributed by atoms with Crippen molar-refractivity contribution < 1.29 is 4.79 Å². The van der Waals surface area contributed by atoms with Crippen LogP contribution in [0, 0.1) is 11.8 Å². The second-order valence-electron chi connectivity index (χ2n) is 7.50. The molecule has 0 radical (unpaired) electrons. The maximum Gasteiger partial charge on any atom is 0.253 e. The van der Waals surface area contributed by atoms with Gasteiger partial charge in [0.1, 0.15) is 11.4 Å². The van der Waals surface area contributed by atoms with Crippen LogP contribution in [0.1, 0.15) is 38.5 Å². The molecule has 2 fully saturated rings. The molecule has 1 amide bonds. The van der Waals surface area contributed by atoms with E-state index in [2.05, 4.69) is 15.6 Å². The minimum absolute atomic E-state index is 0.0245. The molecule has 4 rings (SSSR count). The number of anilines is 3. The Morgan fingerprint density at radius 1 is 1.15 bits per heavy atom. The molecule has 1 aromatic heterocycles. The van der Waals surface area contributed by atoms with Gasteiger partial charge in [-0.15, -0.1) is 11.3 Å². The van der Waals surface area contributed by atoms with Crippen LogP contribution in [0.5, 0.6) is 0 Å². The predicted molar refractivity (Wildman–Crippen MR) is 107 cm³/mol. The second kappa shape index (κ2) is 7.80. The number of rotatable bonds is 6. The van der Waals surface area contributed by atoms with Crippen LogP contribution in [-0.4, -0.2) is 30.5 Å². The van der Waals surface area contributed by atoms with E-state index in [0.717, 1.165) is 51.6 Å². The molecule has 1 aromatic carbocycles. The van der Waals surface area contributed by atoms with Crippen molar-refractivity contribution in [3.8, 4) is 0 Å². The van der Waals surface area contributed by atoms with E-state index in [-0.39, 0.29) is 22.7 Å². The van der Waals surface area contributed by atoms with Crippen LogP contribution in [0.2, 0.25) is 0 Å². The summed E-state index contributed by atoms with van der Waals surface area (Å²) >= 11 is 1.43. The highest BCUT2D eigenvalue weighted by Gasteiger charge is 2.30. The number of aromatic nitrogens is 1. The number of hydrogen-bond acceptors (Lipinski definition) is 7. The molecular weight excluding hydrogens is 364 g/mol.